The van der Waals surface area contributed by atoms with Crippen LogP contribution in [0.1, 0.15) is 18.9 Å². The van der Waals surface area contributed by atoms with Crippen molar-refractivity contribution in [2.75, 3.05) is 20.8 Å². The maximum Gasteiger partial charge on any atom is 0.172 e. The number of ether oxygens (including phenoxy) is 2. The molecule has 1 atom stereocenters. The zero-order valence-corrected chi connectivity index (χ0v) is 11.6. The van der Waals surface area contributed by atoms with Gasteiger partial charge in [0.2, 0.25) is 0 Å². The normalized spacial score (nSPS) is 12.9. The van der Waals surface area contributed by atoms with Crippen molar-refractivity contribution in [3.05, 3.63) is 35.4 Å². The predicted octanol–water partition coefficient (Wildman–Crippen LogP) is 2.49. The molecule has 3 nitrogen and oxygen atoms in total. The summed E-state index contributed by atoms with van der Waals surface area (Å²) in [6.07, 6.45) is 0.729. The minimum Gasteiger partial charge on any atom is -0.354 e. The second-order valence-electron chi connectivity index (χ2n) is 4.32. The molecule has 0 heterocycles. The van der Waals surface area contributed by atoms with Gasteiger partial charge in [-0.25, -0.2) is 8.78 Å². The third-order valence-electron chi connectivity index (χ3n) is 2.92. The first kappa shape index (κ1) is 16.0. The Bertz CT molecular complexity index is 384. The summed E-state index contributed by atoms with van der Waals surface area (Å²) in [6, 6.07) is 3.95. The lowest BCUT2D eigenvalue weighted by Gasteiger charge is -2.26. The zero-order chi connectivity index (χ0) is 14.3. The first-order chi connectivity index (χ1) is 9.13. The Kier molecular flexibility index (Phi) is 6.91. The van der Waals surface area contributed by atoms with Crippen LogP contribution in [0.3, 0.4) is 0 Å². The summed E-state index contributed by atoms with van der Waals surface area (Å²) >= 11 is 0. The van der Waals surface area contributed by atoms with E-state index in [-0.39, 0.29) is 6.04 Å². The Hall–Kier alpha value is -1.04. The summed E-state index contributed by atoms with van der Waals surface area (Å²) in [4.78, 5) is 0. The van der Waals surface area contributed by atoms with E-state index in [1.54, 1.807) is 6.07 Å². The van der Waals surface area contributed by atoms with E-state index in [1.165, 1.54) is 20.3 Å². The Morgan fingerprint density at radius 3 is 2.47 bits per heavy atom. The van der Waals surface area contributed by atoms with Gasteiger partial charge in [-0.05, 0) is 31.0 Å². The maximum absolute atomic E-state index is 13.7. The predicted molar refractivity (Wildman–Crippen MR) is 69.9 cm³/mol. The van der Waals surface area contributed by atoms with E-state index >= 15 is 0 Å². The minimum atomic E-state index is -0.835. The molecule has 1 N–H and O–H groups in total. The Labute approximate surface area is 112 Å². The van der Waals surface area contributed by atoms with E-state index in [0.29, 0.717) is 12.0 Å². The molecule has 0 bridgehead atoms. The molecule has 0 aromatic heterocycles. The molecule has 0 aliphatic rings. The molecule has 0 saturated heterocycles. The molecule has 0 saturated carbocycles. The number of halogens is 2. The van der Waals surface area contributed by atoms with Gasteiger partial charge < -0.3 is 14.8 Å². The van der Waals surface area contributed by atoms with Gasteiger partial charge in [-0.15, -0.1) is 0 Å². The Balaban J connectivity index is 2.83. The van der Waals surface area contributed by atoms with Crippen LogP contribution in [0.15, 0.2) is 18.2 Å². The number of benzene rings is 1. The highest BCUT2D eigenvalue weighted by atomic mass is 19.2. The summed E-state index contributed by atoms with van der Waals surface area (Å²) < 4.78 is 37.3. The van der Waals surface area contributed by atoms with Crippen molar-refractivity contribution >= 4 is 0 Å². The number of hydrogen-bond donors (Lipinski definition) is 1. The van der Waals surface area contributed by atoms with E-state index in [2.05, 4.69) is 5.32 Å². The summed E-state index contributed by atoms with van der Waals surface area (Å²) in [6.45, 7) is 2.78. The molecule has 108 valence electrons. The number of rotatable bonds is 8. The van der Waals surface area contributed by atoms with Gasteiger partial charge in [0, 0.05) is 14.2 Å². The van der Waals surface area contributed by atoms with Crippen LogP contribution in [-0.4, -0.2) is 33.1 Å². The number of nitrogens with one attached hydrogen (secondary N) is 1. The maximum atomic E-state index is 13.7. The van der Waals surface area contributed by atoms with Crippen LogP contribution in [0.5, 0.6) is 0 Å². The highest BCUT2D eigenvalue weighted by Gasteiger charge is 2.22. The molecule has 1 aromatic carbocycles. The van der Waals surface area contributed by atoms with Crippen molar-refractivity contribution < 1.29 is 18.3 Å². The molecule has 1 unspecified atom stereocenters. The monoisotopic (exact) mass is 273 g/mol. The average molecular weight is 273 g/mol. The smallest absolute Gasteiger partial charge is 0.172 e. The largest absolute Gasteiger partial charge is 0.354 e. The van der Waals surface area contributed by atoms with Gasteiger partial charge in [0.05, 0.1) is 6.04 Å². The lowest BCUT2D eigenvalue weighted by molar-refractivity contribution is -0.122. The molecule has 0 aliphatic carbocycles. The first-order valence-corrected chi connectivity index (χ1v) is 6.35. The van der Waals surface area contributed by atoms with E-state index in [0.717, 1.165) is 19.0 Å². The Morgan fingerprint density at radius 2 is 1.89 bits per heavy atom. The fourth-order valence-corrected chi connectivity index (χ4v) is 1.96. The van der Waals surface area contributed by atoms with E-state index < -0.39 is 17.9 Å². The molecule has 0 spiro atoms. The second-order valence-corrected chi connectivity index (χ2v) is 4.32. The fourth-order valence-electron chi connectivity index (χ4n) is 1.96. The van der Waals surface area contributed by atoms with Crippen molar-refractivity contribution in [3.63, 3.8) is 0 Å². The quantitative estimate of drug-likeness (QED) is 0.738. The van der Waals surface area contributed by atoms with Crippen molar-refractivity contribution in [3.8, 4) is 0 Å². The Morgan fingerprint density at radius 1 is 1.21 bits per heavy atom. The van der Waals surface area contributed by atoms with E-state index in [1.807, 2.05) is 6.92 Å². The van der Waals surface area contributed by atoms with Crippen LogP contribution in [0.25, 0.3) is 0 Å². The van der Waals surface area contributed by atoms with Crippen LogP contribution in [0, 0.1) is 11.6 Å². The number of methoxy groups -OCH3 is 2. The van der Waals surface area contributed by atoms with Crippen LogP contribution in [0.2, 0.25) is 0 Å². The molecular formula is C14H21F2NO2. The summed E-state index contributed by atoms with van der Waals surface area (Å²) in [5.74, 6) is -1.64. The average Bonchev–Trinajstić information content (AvgIpc) is 2.42. The topological polar surface area (TPSA) is 30.5 Å². The molecule has 5 heteroatoms. The van der Waals surface area contributed by atoms with Crippen molar-refractivity contribution in [1.82, 2.24) is 5.32 Å². The standard InChI is InChI=1S/C14H21F2NO2/c1-4-8-17-12(14(18-2)19-3)9-10-6-5-7-11(15)13(10)16/h5-7,12,14,17H,4,8-9H2,1-3H3. The summed E-state index contributed by atoms with van der Waals surface area (Å²) in [5, 5.41) is 3.23. The summed E-state index contributed by atoms with van der Waals surface area (Å²) in [7, 11) is 3.05. The SMILES string of the molecule is CCCNC(Cc1cccc(F)c1F)C(OC)OC. The lowest BCUT2D eigenvalue weighted by Crippen LogP contribution is -2.44. The van der Waals surface area contributed by atoms with Gasteiger partial charge in [0.1, 0.15) is 0 Å². The van der Waals surface area contributed by atoms with Crippen LogP contribution in [0.4, 0.5) is 8.78 Å². The van der Waals surface area contributed by atoms with Gasteiger partial charge in [-0.3, -0.25) is 0 Å². The molecule has 19 heavy (non-hydrogen) atoms. The first-order valence-electron chi connectivity index (χ1n) is 6.35. The highest BCUT2D eigenvalue weighted by molar-refractivity contribution is 5.20. The van der Waals surface area contributed by atoms with E-state index in [4.69, 9.17) is 9.47 Å². The van der Waals surface area contributed by atoms with Crippen LogP contribution < -0.4 is 5.32 Å². The van der Waals surface area contributed by atoms with E-state index in [9.17, 15) is 8.78 Å². The molecule has 0 amide bonds. The van der Waals surface area contributed by atoms with Gasteiger partial charge in [0.15, 0.2) is 17.9 Å². The minimum absolute atomic E-state index is 0.230. The van der Waals surface area contributed by atoms with Crippen molar-refractivity contribution in [2.45, 2.75) is 32.1 Å². The zero-order valence-electron chi connectivity index (χ0n) is 11.6. The molecule has 0 fully saturated rings. The third-order valence-corrected chi connectivity index (χ3v) is 2.92. The highest BCUT2D eigenvalue weighted by Crippen LogP contribution is 2.15. The fraction of sp³-hybridized carbons (Fsp3) is 0.571. The molecule has 0 radical (unpaired) electrons. The van der Waals surface area contributed by atoms with Crippen LogP contribution in [-0.2, 0) is 15.9 Å². The van der Waals surface area contributed by atoms with Gasteiger partial charge in [-0.2, -0.15) is 0 Å². The third kappa shape index (κ3) is 4.53. The molecule has 1 rings (SSSR count). The van der Waals surface area contributed by atoms with Crippen molar-refractivity contribution in [2.24, 2.45) is 0 Å². The molecule has 0 aliphatic heterocycles. The lowest BCUT2D eigenvalue weighted by atomic mass is 10.0. The number of hydrogen-bond acceptors (Lipinski definition) is 3. The second kappa shape index (κ2) is 8.19. The van der Waals surface area contributed by atoms with Crippen molar-refractivity contribution in [1.29, 1.82) is 0 Å². The van der Waals surface area contributed by atoms with Crippen LogP contribution >= 0.6 is 0 Å². The summed E-state index contributed by atoms with van der Waals surface area (Å²) in [5.41, 5.74) is 0.313. The van der Waals surface area contributed by atoms with Gasteiger partial charge in [0.25, 0.3) is 0 Å². The van der Waals surface area contributed by atoms with Gasteiger partial charge in [-0.1, -0.05) is 19.1 Å². The van der Waals surface area contributed by atoms with Gasteiger partial charge >= 0.3 is 0 Å². The molecule has 1 aromatic rings. The molecular weight excluding hydrogens is 252 g/mol.